The second-order valence-electron chi connectivity index (χ2n) is 18.1. The molecule has 0 radical (unpaired) electrons. The maximum absolute atomic E-state index is 6.60. The second kappa shape index (κ2) is 16.0. The van der Waals surface area contributed by atoms with Crippen molar-refractivity contribution in [2.75, 3.05) is 4.90 Å². The molecule has 0 aromatic heterocycles. The van der Waals surface area contributed by atoms with Crippen LogP contribution in [-0.4, -0.2) is 0 Å². The normalized spacial score (nSPS) is 14.1. The highest BCUT2D eigenvalue weighted by Gasteiger charge is 2.42. The van der Waals surface area contributed by atoms with Crippen molar-refractivity contribution >= 4 is 27.8 Å². The number of fused-ring (bicyclic) bond motifs is 5. The van der Waals surface area contributed by atoms with Crippen molar-refractivity contribution in [3.05, 3.63) is 271 Å². The first kappa shape index (κ1) is 39.6. The van der Waals surface area contributed by atoms with Crippen LogP contribution >= 0.6 is 0 Å². The van der Waals surface area contributed by atoms with Crippen molar-refractivity contribution in [1.82, 2.24) is 0 Å². The van der Waals surface area contributed by atoms with Gasteiger partial charge in [0.25, 0.3) is 0 Å². The van der Waals surface area contributed by atoms with Gasteiger partial charge in [0, 0.05) is 33.2 Å². The number of nitrogens with zero attached hydrogens (tertiary/aromatic N) is 1. The lowest BCUT2D eigenvalue weighted by atomic mass is 9.74. The van der Waals surface area contributed by atoms with Crippen LogP contribution in [0.2, 0.25) is 0 Å². The first-order valence-corrected chi connectivity index (χ1v) is 23.5. The second-order valence-corrected chi connectivity index (χ2v) is 18.1. The lowest BCUT2D eigenvalue weighted by Crippen LogP contribution is -2.22. The average molecular weight is 868 g/mol. The molecule has 0 N–H and O–H groups in total. The molecule has 2 nitrogen and oxygen atoms in total. The molecular formula is C66H45NO. The Labute approximate surface area is 397 Å². The van der Waals surface area contributed by atoms with Gasteiger partial charge in [-0.2, -0.15) is 0 Å². The topological polar surface area (TPSA) is 12.5 Å². The number of rotatable bonds is 8. The van der Waals surface area contributed by atoms with E-state index in [4.69, 9.17) is 4.74 Å². The molecule has 13 rings (SSSR count). The summed E-state index contributed by atoms with van der Waals surface area (Å²) in [4.78, 5) is 2.50. The Kier molecular flexibility index (Phi) is 9.33. The van der Waals surface area contributed by atoms with Gasteiger partial charge in [0.15, 0.2) is 0 Å². The summed E-state index contributed by atoms with van der Waals surface area (Å²) in [6.07, 6.45) is 0. The van der Waals surface area contributed by atoms with Gasteiger partial charge < -0.3 is 9.64 Å². The fourth-order valence-electron chi connectivity index (χ4n) is 11.2. The molecule has 320 valence electrons. The van der Waals surface area contributed by atoms with Gasteiger partial charge in [-0.05, 0) is 128 Å². The van der Waals surface area contributed by atoms with E-state index in [1.165, 1.54) is 61.2 Å². The highest BCUT2D eigenvalue weighted by atomic mass is 16.5. The number of anilines is 3. The minimum atomic E-state index is -0.354. The molecule has 0 fully saturated rings. The van der Waals surface area contributed by atoms with Gasteiger partial charge in [0.2, 0.25) is 0 Å². The third kappa shape index (κ3) is 6.26. The molecule has 0 saturated heterocycles. The Bertz CT molecular complexity index is 3710. The van der Waals surface area contributed by atoms with Crippen LogP contribution in [0.3, 0.4) is 0 Å². The molecule has 0 amide bonds. The molecule has 1 unspecified atom stereocenters. The molecule has 11 aromatic rings. The van der Waals surface area contributed by atoms with Crippen LogP contribution in [-0.2, 0) is 5.41 Å². The highest BCUT2D eigenvalue weighted by molar-refractivity contribution is 6.12. The van der Waals surface area contributed by atoms with E-state index in [0.717, 1.165) is 61.6 Å². The van der Waals surface area contributed by atoms with Crippen LogP contribution in [0.1, 0.15) is 23.6 Å². The number of benzene rings is 11. The Morgan fingerprint density at radius 2 is 0.912 bits per heavy atom. The van der Waals surface area contributed by atoms with Crippen LogP contribution in [0.25, 0.3) is 77.5 Å². The van der Waals surface area contributed by atoms with Crippen molar-refractivity contribution in [2.45, 2.75) is 12.3 Å². The Balaban J connectivity index is 1.02. The smallest absolute Gasteiger partial charge is 0.135 e. The van der Waals surface area contributed by atoms with Crippen molar-refractivity contribution in [3.8, 4) is 78.3 Å². The minimum absolute atomic E-state index is 0.354. The maximum Gasteiger partial charge on any atom is 0.135 e. The summed E-state index contributed by atoms with van der Waals surface area (Å²) in [5, 5.41) is 2.29. The monoisotopic (exact) mass is 867 g/mol. The summed E-state index contributed by atoms with van der Waals surface area (Å²) < 4.78 is 6.60. The largest absolute Gasteiger partial charge is 0.456 e. The van der Waals surface area contributed by atoms with Gasteiger partial charge in [-0.3, -0.25) is 0 Å². The quantitative estimate of drug-likeness (QED) is 0.151. The standard InChI is InChI=1S/C66H45NO/c1-66(48-23-9-4-10-24-48)58-30-14-11-27-56(58)65-59(66)31-18-33-61(65)67(49-38-35-44(36-39-49)47-37-40-50(45-19-5-2-6-20-45)57(43-47)46-21-7-3-8-22-46)60-32-15-12-25-52(60)51-41-42-63-64-54(51)28-17-29-55(64)53-26-13-16-34-62(53)68-63/h2-43H,1H3. The molecule has 1 aliphatic heterocycles. The lowest BCUT2D eigenvalue weighted by Gasteiger charge is -2.32. The van der Waals surface area contributed by atoms with Crippen LogP contribution in [0.5, 0.6) is 11.5 Å². The van der Waals surface area contributed by atoms with Crippen molar-refractivity contribution in [2.24, 2.45) is 0 Å². The fraction of sp³-hybridized carbons (Fsp3) is 0.0303. The van der Waals surface area contributed by atoms with E-state index in [-0.39, 0.29) is 5.41 Å². The van der Waals surface area contributed by atoms with E-state index in [9.17, 15) is 0 Å². The summed E-state index contributed by atoms with van der Waals surface area (Å²) in [5.74, 6) is 1.77. The lowest BCUT2D eigenvalue weighted by molar-refractivity contribution is 0.487. The van der Waals surface area contributed by atoms with Gasteiger partial charge in [0.05, 0.1) is 11.4 Å². The minimum Gasteiger partial charge on any atom is -0.456 e. The van der Waals surface area contributed by atoms with Gasteiger partial charge in [0.1, 0.15) is 11.5 Å². The van der Waals surface area contributed by atoms with Crippen LogP contribution in [0.4, 0.5) is 17.1 Å². The summed E-state index contributed by atoms with van der Waals surface area (Å²) in [6, 6.07) is 92.8. The maximum atomic E-state index is 6.60. The highest BCUT2D eigenvalue weighted by Crippen LogP contribution is 2.58. The van der Waals surface area contributed by atoms with Gasteiger partial charge in [-0.15, -0.1) is 0 Å². The Hall–Kier alpha value is -8.72. The third-order valence-corrected chi connectivity index (χ3v) is 14.4. The molecule has 1 heterocycles. The SMILES string of the molecule is CC1(c2ccccc2)c2ccccc2-c2c(N(c3ccc(-c4ccc(-c5ccccc5)c(-c5ccccc5)c4)cc3)c3ccccc3-c3ccc4c5c(cccc35)-c3ccccc3O4)cccc21. The van der Waals surface area contributed by atoms with Crippen LogP contribution < -0.4 is 9.64 Å². The number of hydrogen-bond donors (Lipinski definition) is 0. The van der Waals surface area contributed by atoms with Crippen molar-refractivity contribution in [3.63, 3.8) is 0 Å². The average Bonchev–Trinajstić information content (AvgIpc) is 3.68. The van der Waals surface area contributed by atoms with Gasteiger partial charge in [-0.25, -0.2) is 0 Å². The third-order valence-electron chi connectivity index (χ3n) is 14.4. The van der Waals surface area contributed by atoms with E-state index in [1.807, 2.05) is 6.07 Å². The predicted molar refractivity (Wildman–Crippen MR) is 283 cm³/mol. The molecule has 1 aliphatic carbocycles. The molecular weight excluding hydrogens is 823 g/mol. The summed E-state index contributed by atoms with van der Waals surface area (Å²) in [6.45, 7) is 2.39. The zero-order valence-corrected chi connectivity index (χ0v) is 37.6. The number of hydrogen-bond acceptors (Lipinski definition) is 2. The Morgan fingerprint density at radius 1 is 0.338 bits per heavy atom. The van der Waals surface area contributed by atoms with E-state index >= 15 is 0 Å². The predicted octanol–water partition coefficient (Wildman–Crippen LogP) is 18.1. The van der Waals surface area contributed by atoms with Gasteiger partial charge >= 0.3 is 0 Å². The van der Waals surface area contributed by atoms with E-state index < -0.39 is 0 Å². The zero-order chi connectivity index (χ0) is 45.2. The molecule has 2 heteroatoms. The summed E-state index contributed by atoms with van der Waals surface area (Å²) in [5.41, 5.74) is 21.1. The molecule has 0 spiro atoms. The summed E-state index contributed by atoms with van der Waals surface area (Å²) >= 11 is 0. The van der Waals surface area contributed by atoms with Crippen LogP contribution in [0.15, 0.2) is 255 Å². The van der Waals surface area contributed by atoms with Gasteiger partial charge in [-0.1, -0.05) is 206 Å². The Morgan fingerprint density at radius 3 is 1.69 bits per heavy atom. The van der Waals surface area contributed by atoms with E-state index in [1.54, 1.807) is 0 Å². The molecule has 0 bridgehead atoms. The van der Waals surface area contributed by atoms with Crippen molar-refractivity contribution < 1.29 is 4.74 Å². The molecule has 2 aliphatic rings. The van der Waals surface area contributed by atoms with E-state index in [2.05, 4.69) is 261 Å². The first-order valence-electron chi connectivity index (χ1n) is 23.5. The molecule has 0 saturated carbocycles. The molecule has 1 atom stereocenters. The fourth-order valence-corrected chi connectivity index (χ4v) is 11.2. The zero-order valence-electron chi connectivity index (χ0n) is 37.6. The number of para-hydroxylation sites is 2. The van der Waals surface area contributed by atoms with Crippen molar-refractivity contribution in [1.29, 1.82) is 0 Å². The molecule has 11 aromatic carbocycles. The number of ether oxygens (including phenoxy) is 1. The first-order chi connectivity index (χ1) is 33.6. The van der Waals surface area contributed by atoms with E-state index in [0.29, 0.717) is 0 Å². The molecule has 68 heavy (non-hydrogen) atoms. The summed E-state index contributed by atoms with van der Waals surface area (Å²) in [7, 11) is 0. The van der Waals surface area contributed by atoms with Crippen LogP contribution in [0, 0.1) is 0 Å².